The van der Waals surface area contributed by atoms with Crippen molar-refractivity contribution in [1.29, 1.82) is 0 Å². The van der Waals surface area contributed by atoms with Crippen LogP contribution in [-0.2, 0) is 0 Å². The van der Waals surface area contributed by atoms with Crippen LogP contribution in [0, 0.1) is 5.92 Å². The Bertz CT molecular complexity index is 334. The molecule has 0 spiro atoms. The first-order valence-corrected chi connectivity index (χ1v) is 7.69. The number of rotatable bonds is 9. The molecule has 108 valence electrons. The molecule has 0 aromatic heterocycles. The Morgan fingerprint density at radius 3 is 2.26 bits per heavy atom. The Labute approximate surface area is 118 Å². The van der Waals surface area contributed by atoms with Crippen molar-refractivity contribution in [3.8, 4) is 5.75 Å². The van der Waals surface area contributed by atoms with Gasteiger partial charge in [0, 0.05) is 6.04 Å². The zero-order valence-electron chi connectivity index (χ0n) is 12.7. The molecule has 0 aliphatic rings. The van der Waals surface area contributed by atoms with Gasteiger partial charge in [-0.05, 0) is 36.5 Å². The van der Waals surface area contributed by atoms with E-state index in [0.29, 0.717) is 5.92 Å². The molecule has 19 heavy (non-hydrogen) atoms. The van der Waals surface area contributed by atoms with Gasteiger partial charge in [-0.15, -0.1) is 0 Å². The zero-order chi connectivity index (χ0) is 14.1. The van der Waals surface area contributed by atoms with E-state index in [-0.39, 0.29) is 6.04 Å². The molecular weight excluding hydrogens is 234 g/mol. The van der Waals surface area contributed by atoms with Crippen LogP contribution >= 0.6 is 0 Å². The molecule has 0 heterocycles. The average molecular weight is 263 g/mol. The largest absolute Gasteiger partial charge is 0.493 e. The third-order valence-electron chi connectivity index (χ3n) is 3.78. The van der Waals surface area contributed by atoms with Crippen molar-refractivity contribution < 1.29 is 4.74 Å². The number of benzene rings is 1. The van der Waals surface area contributed by atoms with Crippen molar-refractivity contribution in [1.82, 2.24) is 0 Å². The Morgan fingerprint density at radius 2 is 1.74 bits per heavy atom. The summed E-state index contributed by atoms with van der Waals surface area (Å²) in [5.74, 6) is 1.64. The fraction of sp³-hybridized carbons (Fsp3) is 0.647. The lowest BCUT2D eigenvalue weighted by atomic mass is 10.0. The average Bonchev–Trinajstić information content (AvgIpc) is 2.47. The Balaban J connectivity index is 2.44. The normalized spacial score (nSPS) is 14.1. The molecular formula is C17H29NO. The van der Waals surface area contributed by atoms with Crippen LogP contribution in [0.2, 0.25) is 0 Å². The van der Waals surface area contributed by atoms with Crippen LogP contribution in [0.15, 0.2) is 24.3 Å². The van der Waals surface area contributed by atoms with Crippen LogP contribution in [-0.4, -0.2) is 6.61 Å². The van der Waals surface area contributed by atoms with E-state index in [1.165, 1.54) is 31.2 Å². The first kappa shape index (κ1) is 16.0. The third kappa shape index (κ3) is 5.65. The number of hydrogen-bond acceptors (Lipinski definition) is 2. The fourth-order valence-electron chi connectivity index (χ4n) is 2.16. The van der Waals surface area contributed by atoms with Gasteiger partial charge in [-0.1, -0.05) is 52.2 Å². The molecule has 0 aliphatic heterocycles. The Hall–Kier alpha value is -1.02. The first-order valence-electron chi connectivity index (χ1n) is 7.69. The highest BCUT2D eigenvalue weighted by Crippen LogP contribution is 2.20. The SMILES string of the molecule is CCCCC(CC)COc1ccc([C@@H](N)CC)cc1. The van der Waals surface area contributed by atoms with Crippen LogP contribution in [0.1, 0.15) is 64.5 Å². The van der Waals surface area contributed by atoms with E-state index in [2.05, 4.69) is 32.9 Å². The van der Waals surface area contributed by atoms with E-state index in [0.717, 1.165) is 18.8 Å². The summed E-state index contributed by atoms with van der Waals surface area (Å²) in [5, 5.41) is 0. The van der Waals surface area contributed by atoms with Crippen molar-refractivity contribution in [2.75, 3.05) is 6.61 Å². The molecule has 0 saturated carbocycles. The second kappa shape index (κ2) is 8.98. The van der Waals surface area contributed by atoms with Crippen LogP contribution < -0.4 is 10.5 Å². The monoisotopic (exact) mass is 263 g/mol. The predicted octanol–water partition coefficient (Wildman–Crippen LogP) is 4.69. The maximum absolute atomic E-state index is 6.00. The van der Waals surface area contributed by atoms with Gasteiger partial charge in [0.05, 0.1) is 6.61 Å². The maximum Gasteiger partial charge on any atom is 0.119 e. The smallest absolute Gasteiger partial charge is 0.119 e. The van der Waals surface area contributed by atoms with Crippen molar-refractivity contribution in [2.24, 2.45) is 11.7 Å². The van der Waals surface area contributed by atoms with Crippen LogP contribution in [0.25, 0.3) is 0 Å². The van der Waals surface area contributed by atoms with E-state index >= 15 is 0 Å². The Kier molecular flexibility index (Phi) is 7.57. The van der Waals surface area contributed by atoms with Crippen molar-refractivity contribution in [3.05, 3.63) is 29.8 Å². The topological polar surface area (TPSA) is 35.2 Å². The minimum absolute atomic E-state index is 0.141. The lowest BCUT2D eigenvalue weighted by molar-refractivity contribution is 0.233. The van der Waals surface area contributed by atoms with Gasteiger partial charge in [-0.2, -0.15) is 0 Å². The van der Waals surface area contributed by atoms with Crippen molar-refractivity contribution in [3.63, 3.8) is 0 Å². The summed E-state index contributed by atoms with van der Waals surface area (Å²) in [7, 11) is 0. The summed E-state index contributed by atoms with van der Waals surface area (Å²) in [6.45, 7) is 7.42. The summed E-state index contributed by atoms with van der Waals surface area (Å²) >= 11 is 0. The fourth-order valence-corrected chi connectivity index (χ4v) is 2.16. The summed E-state index contributed by atoms with van der Waals surface area (Å²) < 4.78 is 5.88. The molecule has 2 heteroatoms. The molecule has 2 atom stereocenters. The molecule has 0 amide bonds. The zero-order valence-corrected chi connectivity index (χ0v) is 12.7. The number of hydrogen-bond donors (Lipinski definition) is 1. The van der Waals surface area contributed by atoms with E-state index in [4.69, 9.17) is 10.5 Å². The summed E-state index contributed by atoms with van der Waals surface area (Å²) in [6, 6.07) is 8.38. The molecule has 0 saturated heterocycles. The van der Waals surface area contributed by atoms with Crippen LogP contribution in [0.3, 0.4) is 0 Å². The minimum atomic E-state index is 0.141. The lowest BCUT2D eigenvalue weighted by Gasteiger charge is -2.16. The molecule has 2 N–H and O–H groups in total. The number of ether oxygens (including phenoxy) is 1. The van der Waals surface area contributed by atoms with E-state index in [1.54, 1.807) is 0 Å². The van der Waals surface area contributed by atoms with Gasteiger partial charge in [0.15, 0.2) is 0 Å². The van der Waals surface area contributed by atoms with E-state index in [1.807, 2.05) is 12.1 Å². The predicted molar refractivity (Wildman–Crippen MR) is 82.5 cm³/mol. The van der Waals surface area contributed by atoms with Gasteiger partial charge < -0.3 is 10.5 Å². The van der Waals surface area contributed by atoms with Gasteiger partial charge in [0.1, 0.15) is 5.75 Å². The van der Waals surface area contributed by atoms with Crippen molar-refractivity contribution >= 4 is 0 Å². The quantitative estimate of drug-likeness (QED) is 0.701. The maximum atomic E-state index is 6.00. The molecule has 0 bridgehead atoms. The molecule has 1 rings (SSSR count). The third-order valence-corrected chi connectivity index (χ3v) is 3.78. The lowest BCUT2D eigenvalue weighted by Crippen LogP contribution is -2.11. The second-order valence-electron chi connectivity index (χ2n) is 5.31. The summed E-state index contributed by atoms with van der Waals surface area (Å²) in [6.07, 6.45) is 5.99. The van der Waals surface area contributed by atoms with Crippen LogP contribution in [0.5, 0.6) is 5.75 Å². The molecule has 1 aromatic carbocycles. The van der Waals surface area contributed by atoms with Gasteiger partial charge in [0.25, 0.3) is 0 Å². The standard InChI is InChI=1S/C17H29NO/c1-4-7-8-14(5-2)13-19-16-11-9-15(10-12-16)17(18)6-3/h9-12,14,17H,4-8,13,18H2,1-3H3/t14?,17-/m0/s1. The molecule has 2 nitrogen and oxygen atoms in total. The highest BCUT2D eigenvalue weighted by molar-refractivity contribution is 5.28. The molecule has 0 aliphatic carbocycles. The van der Waals surface area contributed by atoms with E-state index < -0.39 is 0 Å². The van der Waals surface area contributed by atoms with Gasteiger partial charge in [-0.3, -0.25) is 0 Å². The highest BCUT2D eigenvalue weighted by atomic mass is 16.5. The molecule has 1 aromatic rings. The van der Waals surface area contributed by atoms with Crippen LogP contribution in [0.4, 0.5) is 0 Å². The molecule has 0 fully saturated rings. The molecule has 0 radical (unpaired) electrons. The Morgan fingerprint density at radius 1 is 1.05 bits per heavy atom. The number of nitrogens with two attached hydrogens (primary N) is 1. The van der Waals surface area contributed by atoms with Crippen molar-refractivity contribution in [2.45, 2.75) is 58.9 Å². The minimum Gasteiger partial charge on any atom is -0.493 e. The van der Waals surface area contributed by atoms with Gasteiger partial charge in [0.2, 0.25) is 0 Å². The molecule has 1 unspecified atom stereocenters. The first-order chi connectivity index (χ1) is 9.21. The summed E-state index contributed by atoms with van der Waals surface area (Å²) in [5.41, 5.74) is 7.19. The van der Waals surface area contributed by atoms with E-state index in [9.17, 15) is 0 Å². The highest BCUT2D eigenvalue weighted by Gasteiger charge is 2.07. The number of unbranched alkanes of at least 4 members (excludes halogenated alkanes) is 1. The van der Waals surface area contributed by atoms with Gasteiger partial charge >= 0.3 is 0 Å². The van der Waals surface area contributed by atoms with Gasteiger partial charge in [-0.25, -0.2) is 0 Å². The summed E-state index contributed by atoms with van der Waals surface area (Å²) in [4.78, 5) is 0. The second-order valence-corrected chi connectivity index (χ2v) is 5.31.